The number of carboxylic acids is 2. The zero-order valence-electron chi connectivity index (χ0n) is 16.6. The minimum Gasteiger partial charge on any atom is -0.473 e. The Morgan fingerprint density at radius 2 is 1.69 bits per heavy atom. The molecule has 156 valence electrons. The third-order valence-corrected chi connectivity index (χ3v) is 7.01. The molecule has 1 saturated heterocycles. The molecule has 5 nitrogen and oxygen atoms in total. The third kappa shape index (κ3) is 6.15. The van der Waals surface area contributed by atoms with Crippen LogP contribution in [-0.2, 0) is 16.0 Å². The Morgan fingerprint density at radius 3 is 2.34 bits per heavy atom. The van der Waals surface area contributed by atoms with Crippen LogP contribution in [0.5, 0.6) is 0 Å². The number of fused-ring (bicyclic) bond motifs is 1. The Balaban J connectivity index is 0.000000353. The highest BCUT2D eigenvalue weighted by atomic mass is 32.1. The highest BCUT2D eigenvalue weighted by molar-refractivity contribution is 7.10. The monoisotopic (exact) mass is 415 g/mol. The summed E-state index contributed by atoms with van der Waals surface area (Å²) in [5.74, 6) is -2.03. The molecule has 1 aromatic carbocycles. The number of benzene rings is 1. The van der Waals surface area contributed by atoms with Gasteiger partial charge in [0.25, 0.3) is 0 Å². The van der Waals surface area contributed by atoms with E-state index in [-0.39, 0.29) is 0 Å². The van der Waals surface area contributed by atoms with E-state index in [4.69, 9.17) is 19.8 Å². The number of aryl methyl sites for hydroxylation is 1. The van der Waals surface area contributed by atoms with Gasteiger partial charge in [-0.2, -0.15) is 0 Å². The summed E-state index contributed by atoms with van der Waals surface area (Å²) in [7, 11) is 0. The molecule has 1 aliphatic heterocycles. The quantitative estimate of drug-likeness (QED) is 0.714. The summed E-state index contributed by atoms with van der Waals surface area (Å²) in [6.45, 7) is 3.85. The van der Waals surface area contributed by atoms with E-state index in [0.717, 1.165) is 11.8 Å². The summed E-state index contributed by atoms with van der Waals surface area (Å²) in [6.07, 6.45) is 8.15. The molecule has 0 spiro atoms. The number of likely N-dealkylation sites (tertiary alicyclic amines) is 1. The number of carboxylic acid groups (broad SMARTS) is 2. The molecule has 6 heteroatoms. The Hall–Kier alpha value is -2.18. The van der Waals surface area contributed by atoms with Gasteiger partial charge < -0.3 is 15.1 Å². The lowest BCUT2D eigenvalue weighted by Gasteiger charge is -2.33. The van der Waals surface area contributed by atoms with Crippen molar-refractivity contribution in [2.75, 3.05) is 19.6 Å². The first-order valence-corrected chi connectivity index (χ1v) is 11.2. The fourth-order valence-corrected chi connectivity index (χ4v) is 5.45. The van der Waals surface area contributed by atoms with Crippen LogP contribution in [0.2, 0.25) is 0 Å². The molecule has 1 unspecified atom stereocenters. The maximum absolute atomic E-state index is 9.10. The average molecular weight is 416 g/mol. The largest absolute Gasteiger partial charge is 0.473 e. The Kier molecular flexibility index (Phi) is 7.83. The van der Waals surface area contributed by atoms with Crippen LogP contribution < -0.4 is 0 Å². The first kappa shape index (κ1) is 21.5. The third-order valence-electron chi connectivity index (χ3n) is 6.01. The first-order valence-electron chi connectivity index (χ1n) is 10.3. The van der Waals surface area contributed by atoms with Crippen molar-refractivity contribution in [2.24, 2.45) is 0 Å². The van der Waals surface area contributed by atoms with Crippen LogP contribution in [0.3, 0.4) is 0 Å². The van der Waals surface area contributed by atoms with Crippen LogP contribution in [0.4, 0.5) is 0 Å². The number of hydrogen-bond donors (Lipinski definition) is 2. The summed E-state index contributed by atoms with van der Waals surface area (Å²) in [5.41, 5.74) is 3.22. The van der Waals surface area contributed by atoms with Gasteiger partial charge in [0.05, 0.1) is 0 Å². The van der Waals surface area contributed by atoms with Gasteiger partial charge in [0, 0.05) is 4.88 Å². The molecule has 2 N–H and O–H groups in total. The van der Waals surface area contributed by atoms with Gasteiger partial charge >= 0.3 is 11.9 Å². The zero-order valence-corrected chi connectivity index (χ0v) is 17.4. The predicted octanol–water partition coefficient (Wildman–Crippen LogP) is 4.59. The zero-order chi connectivity index (χ0) is 20.6. The van der Waals surface area contributed by atoms with Crippen molar-refractivity contribution in [1.29, 1.82) is 0 Å². The average Bonchev–Trinajstić information content (AvgIpc) is 3.23. The van der Waals surface area contributed by atoms with Crippen molar-refractivity contribution < 1.29 is 19.8 Å². The smallest absolute Gasteiger partial charge is 0.414 e. The number of hydrogen-bond acceptors (Lipinski definition) is 4. The van der Waals surface area contributed by atoms with Crippen molar-refractivity contribution in [1.82, 2.24) is 4.90 Å². The number of thiophene rings is 1. The van der Waals surface area contributed by atoms with E-state index in [2.05, 4.69) is 46.7 Å². The van der Waals surface area contributed by atoms with Crippen LogP contribution in [0.25, 0.3) is 0 Å². The lowest BCUT2D eigenvalue weighted by Crippen LogP contribution is -2.34. The number of carbonyl (C=O) groups is 2. The van der Waals surface area contributed by atoms with E-state index in [9.17, 15) is 0 Å². The lowest BCUT2D eigenvalue weighted by atomic mass is 9.85. The molecule has 0 saturated carbocycles. The van der Waals surface area contributed by atoms with Crippen molar-refractivity contribution >= 4 is 23.3 Å². The van der Waals surface area contributed by atoms with Crippen LogP contribution in [0.15, 0.2) is 41.8 Å². The van der Waals surface area contributed by atoms with Crippen molar-refractivity contribution in [2.45, 2.75) is 50.4 Å². The number of piperidine rings is 1. The fraction of sp³-hybridized carbons (Fsp3) is 0.478. The second kappa shape index (κ2) is 10.6. The van der Waals surface area contributed by atoms with Gasteiger partial charge in [-0.1, -0.05) is 30.3 Å². The van der Waals surface area contributed by atoms with Crippen molar-refractivity contribution in [3.63, 3.8) is 0 Å². The molecule has 2 aromatic rings. The van der Waals surface area contributed by atoms with Gasteiger partial charge in [0.15, 0.2) is 0 Å². The molecular weight excluding hydrogens is 386 g/mol. The highest BCUT2D eigenvalue weighted by Gasteiger charge is 2.24. The topological polar surface area (TPSA) is 77.8 Å². The van der Waals surface area contributed by atoms with Gasteiger partial charge in [-0.3, -0.25) is 0 Å². The standard InChI is InChI=1S/C21H27NS.C2H2O4/c1-2-5-17(6-3-1)18-9-13-22(14-10-18)15-11-19-7-4-8-21-20(19)12-16-23-21;3-1(4)2(5)6/h1-3,5-6,12,16,18-19H,4,7-11,13-15H2;(H,3,4)(H,5,6). The van der Waals surface area contributed by atoms with Gasteiger partial charge in [0.2, 0.25) is 0 Å². The maximum Gasteiger partial charge on any atom is 0.414 e. The summed E-state index contributed by atoms with van der Waals surface area (Å²) < 4.78 is 0. The molecule has 29 heavy (non-hydrogen) atoms. The molecule has 2 heterocycles. The van der Waals surface area contributed by atoms with E-state index in [1.54, 1.807) is 16.0 Å². The Bertz CT molecular complexity index is 784. The summed E-state index contributed by atoms with van der Waals surface area (Å²) in [5, 5.41) is 17.1. The number of nitrogens with zero attached hydrogens (tertiary/aromatic N) is 1. The van der Waals surface area contributed by atoms with E-state index in [0.29, 0.717) is 0 Å². The molecule has 1 atom stereocenters. The van der Waals surface area contributed by atoms with Crippen LogP contribution in [0.1, 0.15) is 59.9 Å². The van der Waals surface area contributed by atoms with Gasteiger partial charge in [-0.05, 0) is 92.6 Å². The van der Waals surface area contributed by atoms with Crippen LogP contribution >= 0.6 is 11.3 Å². The second-order valence-corrected chi connectivity index (χ2v) is 8.81. The maximum atomic E-state index is 9.10. The summed E-state index contributed by atoms with van der Waals surface area (Å²) >= 11 is 1.97. The van der Waals surface area contributed by atoms with Gasteiger partial charge in [-0.15, -0.1) is 11.3 Å². The molecular formula is C23H29NO4S. The molecule has 1 fully saturated rings. The van der Waals surface area contributed by atoms with Gasteiger partial charge in [-0.25, -0.2) is 9.59 Å². The predicted molar refractivity (Wildman–Crippen MR) is 115 cm³/mol. The van der Waals surface area contributed by atoms with Crippen LogP contribution in [-0.4, -0.2) is 46.7 Å². The van der Waals surface area contributed by atoms with E-state index in [1.807, 2.05) is 11.3 Å². The highest BCUT2D eigenvalue weighted by Crippen LogP contribution is 2.37. The fourth-order valence-electron chi connectivity index (χ4n) is 4.44. The number of rotatable bonds is 4. The lowest BCUT2D eigenvalue weighted by molar-refractivity contribution is -0.159. The molecule has 0 bridgehead atoms. The minimum atomic E-state index is -1.82. The SMILES string of the molecule is O=C(O)C(=O)O.c1ccc(C2CCN(CCC3CCCc4sccc43)CC2)cc1. The molecule has 0 amide bonds. The normalized spacial score (nSPS) is 19.7. The molecule has 2 aliphatic rings. The van der Waals surface area contributed by atoms with Crippen molar-refractivity contribution in [3.8, 4) is 0 Å². The van der Waals surface area contributed by atoms with E-state index >= 15 is 0 Å². The molecule has 1 aromatic heterocycles. The van der Waals surface area contributed by atoms with Gasteiger partial charge in [0.1, 0.15) is 0 Å². The first-order chi connectivity index (χ1) is 14.0. The second-order valence-electron chi connectivity index (χ2n) is 7.81. The molecule has 0 radical (unpaired) electrons. The summed E-state index contributed by atoms with van der Waals surface area (Å²) in [4.78, 5) is 22.6. The van der Waals surface area contributed by atoms with E-state index < -0.39 is 11.9 Å². The van der Waals surface area contributed by atoms with Crippen molar-refractivity contribution in [3.05, 3.63) is 57.8 Å². The molecule has 1 aliphatic carbocycles. The Labute approximate surface area is 176 Å². The van der Waals surface area contributed by atoms with E-state index in [1.165, 1.54) is 58.2 Å². The Morgan fingerprint density at radius 1 is 1.00 bits per heavy atom. The number of aliphatic carboxylic acids is 2. The molecule has 4 rings (SSSR count). The summed E-state index contributed by atoms with van der Waals surface area (Å²) in [6, 6.07) is 13.5. The van der Waals surface area contributed by atoms with Crippen LogP contribution in [0, 0.1) is 0 Å². The minimum absolute atomic E-state index is 0.783.